The van der Waals surface area contributed by atoms with Crippen molar-refractivity contribution in [1.29, 1.82) is 0 Å². The van der Waals surface area contributed by atoms with Gasteiger partial charge in [0, 0.05) is 50.5 Å². The lowest BCUT2D eigenvalue weighted by atomic mass is 9.94. The van der Waals surface area contributed by atoms with Crippen LogP contribution in [0.1, 0.15) is 36.0 Å². The maximum Gasteiger partial charge on any atom is 0.254 e. The van der Waals surface area contributed by atoms with Crippen molar-refractivity contribution in [3.8, 4) is 11.5 Å². The maximum atomic E-state index is 13.2. The Bertz CT molecular complexity index is 659. The Kier molecular flexibility index (Phi) is 5.05. The number of amides is 1. The zero-order valence-corrected chi connectivity index (χ0v) is 15.4. The maximum absolute atomic E-state index is 13.2. The highest BCUT2D eigenvalue weighted by atomic mass is 16.5. The lowest BCUT2D eigenvalue weighted by Gasteiger charge is -2.37. The Balaban J connectivity index is 1.51. The molecule has 6 heteroatoms. The lowest BCUT2D eigenvalue weighted by molar-refractivity contribution is 0.0304. The Morgan fingerprint density at radius 3 is 2.69 bits per heavy atom. The van der Waals surface area contributed by atoms with Crippen molar-refractivity contribution in [2.24, 2.45) is 5.92 Å². The van der Waals surface area contributed by atoms with Crippen LogP contribution >= 0.6 is 0 Å². The minimum atomic E-state index is 0.0480. The highest BCUT2D eigenvalue weighted by molar-refractivity contribution is 5.95. The van der Waals surface area contributed by atoms with Gasteiger partial charge in [-0.25, -0.2) is 0 Å². The summed E-state index contributed by atoms with van der Waals surface area (Å²) in [7, 11) is 1.50. The largest absolute Gasteiger partial charge is 0.504 e. The quantitative estimate of drug-likeness (QED) is 0.895. The van der Waals surface area contributed by atoms with E-state index in [1.165, 1.54) is 19.6 Å². The molecule has 6 nitrogen and oxygen atoms in total. The van der Waals surface area contributed by atoms with Crippen LogP contribution in [-0.4, -0.2) is 72.9 Å². The summed E-state index contributed by atoms with van der Waals surface area (Å²) in [5.41, 5.74) is 0.588. The van der Waals surface area contributed by atoms with Gasteiger partial charge in [0.25, 0.3) is 5.91 Å². The second kappa shape index (κ2) is 7.45. The summed E-state index contributed by atoms with van der Waals surface area (Å²) >= 11 is 0. The molecular weight excluding hydrogens is 332 g/mol. The van der Waals surface area contributed by atoms with Crippen LogP contribution in [0.15, 0.2) is 18.2 Å². The van der Waals surface area contributed by atoms with Crippen molar-refractivity contribution in [3.05, 3.63) is 23.8 Å². The second-order valence-electron chi connectivity index (χ2n) is 7.74. The summed E-state index contributed by atoms with van der Waals surface area (Å²) in [6.45, 7) is 4.58. The molecule has 4 saturated heterocycles. The number of carbonyl (C=O) groups is 1. The Labute approximate surface area is 154 Å². The molecule has 1 N–H and O–H groups in total. The molecule has 4 aliphatic rings. The highest BCUT2D eigenvalue weighted by Gasteiger charge is 2.39. The molecule has 142 valence electrons. The van der Waals surface area contributed by atoms with Crippen molar-refractivity contribution in [1.82, 2.24) is 9.80 Å². The molecule has 0 spiro atoms. The van der Waals surface area contributed by atoms with Crippen LogP contribution in [0.3, 0.4) is 0 Å². The van der Waals surface area contributed by atoms with Gasteiger partial charge in [-0.3, -0.25) is 9.69 Å². The molecule has 1 amide bonds. The van der Waals surface area contributed by atoms with Crippen LogP contribution in [0.25, 0.3) is 0 Å². The first-order valence-electron chi connectivity index (χ1n) is 9.65. The molecule has 5 rings (SSSR count). The van der Waals surface area contributed by atoms with Gasteiger partial charge in [-0.2, -0.15) is 0 Å². The summed E-state index contributed by atoms with van der Waals surface area (Å²) in [5, 5.41) is 9.79. The molecule has 2 atom stereocenters. The standard InChI is InChI=1S/C20H28N2O4/c1-25-19-10-15(3-5-18(19)23)20(24)22-12-14-2-4-17(22)13-21(11-14)16-6-8-26-9-7-16/h3,5,10,14,16-17,23H,2,4,6-9,11-13H2,1H3. The number of phenols is 1. The van der Waals surface area contributed by atoms with Crippen LogP contribution in [0.2, 0.25) is 0 Å². The summed E-state index contributed by atoms with van der Waals surface area (Å²) in [4.78, 5) is 17.8. The molecule has 2 unspecified atom stereocenters. The van der Waals surface area contributed by atoms with Gasteiger partial charge in [-0.15, -0.1) is 0 Å². The van der Waals surface area contributed by atoms with Crippen molar-refractivity contribution < 1.29 is 19.4 Å². The predicted octanol–water partition coefficient (Wildman–Crippen LogP) is 2.12. The fraction of sp³-hybridized carbons (Fsp3) is 0.650. The van der Waals surface area contributed by atoms with Gasteiger partial charge in [0.15, 0.2) is 11.5 Å². The van der Waals surface area contributed by atoms with E-state index in [1.807, 2.05) is 0 Å². The van der Waals surface area contributed by atoms with E-state index in [-0.39, 0.29) is 17.7 Å². The van der Waals surface area contributed by atoms with E-state index in [4.69, 9.17) is 9.47 Å². The van der Waals surface area contributed by atoms with E-state index in [9.17, 15) is 9.90 Å². The molecule has 4 fully saturated rings. The molecule has 0 radical (unpaired) electrons. The van der Waals surface area contributed by atoms with Crippen LogP contribution < -0.4 is 4.74 Å². The first-order valence-corrected chi connectivity index (χ1v) is 9.65. The summed E-state index contributed by atoms with van der Waals surface area (Å²) in [6, 6.07) is 5.73. The molecule has 0 saturated carbocycles. The first-order chi connectivity index (χ1) is 12.7. The minimum Gasteiger partial charge on any atom is -0.504 e. The Morgan fingerprint density at radius 1 is 1.12 bits per heavy atom. The number of nitrogens with zero attached hydrogens (tertiary/aromatic N) is 2. The highest BCUT2D eigenvalue weighted by Crippen LogP contribution is 2.33. The smallest absolute Gasteiger partial charge is 0.254 e. The summed E-state index contributed by atoms with van der Waals surface area (Å²) < 4.78 is 10.7. The van der Waals surface area contributed by atoms with E-state index in [0.29, 0.717) is 23.3 Å². The van der Waals surface area contributed by atoms with Gasteiger partial charge >= 0.3 is 0 Å². The molecule has 26 heavy (non-hydrogen) atoms. The Hall–Kier alpha value is -1.79. The van der Waals surface area contributed by atoms with E-state index in [1.54, 1.807) is 12.1 Å². The van der Waals surface area contributed by atoms with Crippen molar-refractivity contribution in [3.63, 3.8) is 0 Å². The van der Waals surface area contributed by atoms with Crippen molar-refractivity contribution in [2.45, 2.75) is 37.8 Å². The van der Waals surface area contributed by atoms with Crippen LogP contribution in [0.5, 0.6) is 11.5 Å². The van der Waals surface area contributed by atoms with Gasteiger partial charge in [0.2, 0.25) is 0 Å². The van der Waals surface area contributed by atoms with E-state index >= 15 is 0 Å². The van der Waals surface area contributed by atoms with Crippen LogP contribution in [0.4, 0.5) is 0 Å². The molecule has 0 aliphatic carbocycles. The second-order valence-corrected chi connectivity index (χ2v) is 7.74. The molecule has 0 aromatic heterocycles. The molecule has 1 aromatic carbocycles. The average molecular weight is 360 g/mol. The third-order valence-corrected chi connectivity index (χ3v) is 6.14. The number of ether oxygens (including phenoxy) is 2. The van der Waals surface area contributed by atoms with Crippen LogP contribution in [0, 0.1) is 5.92 Å². The number of fused-ring (bicyclic) bond motifs is 4. The van der Waals surface area contributed by atoms with E-state index < -0.39 is 0 Å². The van der Waals surface area contributed by atoms with E-state index in [2.05, 4.69) is 9.80 Å². The number of rotatable bonds is 3. The number of piperidine rings is 1. The number of phenolic OH excluding ortho intramolecular Hbond substituents is 1. The third kappa shape index (κ3) is 3.40. The topological polar surface area (TPSA) is 62.2 Å². The minimum absolute atomic E-state index is 0.0480. The fourth-order valence-corrected chi connectivity index (χ4v) is 4.69. The zero-order valence-electron chi connectivity index (χ0n) is 15.4. The normalized spacial score (nSPS) is 27.3. The van der Waals surface area contributed by atoms with Crippen LogP contribution in [-0.2, 0) is 4.74 Å². The molecule has 4 heterocycles. The van der Waals surface area contributed by atoms with E-state index in [0.717, 1.165) is 52.1 Å². The van der Waals surface area contributed by atoms with Crippen molar-refractivity contribution >= 4 is 5.91 Å². The zero-order chi connectivity index (χ0) is 18.1. The SMILES string of the molecule is COc1cc(C(=O)N2CC3CCC2CN(C2CCOCC2)C3)ccc1O. The van der Waals surface area contributed by atoms with Gasteiger partial charge < -0.3 is 19.5 Å². The number of methoxy groups -OCH3 is 1. The molecule has 4 aliphatic heterocycles. The monoisotopic (exact) mass is 360 g/mol. The molecule has 1 aromatic rings. The fourth-order valence-electron chi connectivity index (χ4n) is 4.69. The number of hydrogen-bond acceptors (Lipinski definition) is 5. The predicted molar refractivity (Wildman–Crippen MR) is 97.6 cm³/mol. The van der Waals surface area contributed by atoms with Gasteiger partial charge in [0.05, 0.1) is 7.11 Å². The van der Waals surface area contributed by atoms with Crippen molar-refractivity contribution in [2.75, 3.05) is 40.0 Å². The molecular formula is C20H28N2O4. The van der Waals surface area contributed by atoms with Gasteiger partial charge in [-0.1, -0.05) is 0 Å². The van der Waals surface area contributed by atoms with Gasteiger partial charge in [0.1, 0.15) is 0 Å². The Morgan fingerprint density at radius 2 is 1.92 bits per heavy atom. The average Bonchev–Trinajstić information content (AvgIpc) is 3.00. The number of benzene rings is 1. The molecule has 2 bridgehead atoms. The lowest BCUT2D eigenvalue weighted by Crippen LogP contribution is -2.48. The summed E-state index contributed by atoms with van der Waals surface area (Å²) in [5.74, 6) is 0.998. The number of aromatic hydroxyl groups is 1. The van der Waals surface area contributed by atoms with Gasteiger partial charge in [-0.05, 0) is 49.8 Å². The first kappa shape index (κ1) is 17.6. The summed E-state index contributed by atoms with van der Waals surface area (Å²) in [6.07, 6.45) is 4.48. The number of carbonyl (C=O) groups excluding carboxylic acids is 1. The third-order valence-electron chi connectivity index (χ3n) is 6.14. The number of hydrogen-bond donors (Lipinski definition) is 1.